The molecule has 1 unspecified atom stereocenters. The molecule has 170 valence electrons. The Labute approximate surface area is 189 Å². The molecule has 32 heavy (non-hydrogen) atoms. The van der Waals surface area contributed by atoms with Crippen molar-refractivity contribution >= 4 is 27.5 Å². The van der Waals surface area contributed by atoms with E-state index in [0.717, 1.165) is 4.90 Å². The molecule has 5 nitrogen and oxygen atoms in total. The summed E-state index contributed by atoms with van der Waals surface area (Å²) in [4.78, 5) is 4.78. The molecule has 1 aromatic heterocycles. The predicted molar refractivity (Wildman–Crippen MR) is 119 cm³/mol. The summed E-state index contributed by atoms with van der Waals surface area (Å²) >= 11 is 1.48. The van der Waals surface area contributed by atoms with Gasteiger partial charge in [-0.2, -0.15) is 13.2 Å². The van der Waals surface area contributed by atoms with Crippen molar-refractivity contribution in [2.45, 2.75) is 23.7 Å². The van der Waals surface area contributed by atoms with Crippen molar-refractivity contribution in [3.8, 4) is 0 Å². The molecule has 0 aliphatic rings. The van der Waals surface area contributed by atoms with Crippen LogP contribution in [-0.2, 0) is 16.6 Å². The number of alkyl halides is 3. The number of thioether (sulfide) groups is 1. The Kier molecular flexibility index (Phi) is 7.47. The number of hydrogen-bond donors (Lipinski definition) is 1. The summed E-state index contributed by atoms with van der Waals surface area (Å²) in [5, 5.41) is 10.8. The van der Waals surface area contributed by atoms with E-state index in [1.54, 1.807) is 24.3 Å². The van der Waals surface area contributed by atoms with E-state index in [2.05, 4.69) is 4.98 Å². The Morgan fingerprint density at radius 2 is 1.75 bits per heavy atom. The van der Waals surface area contributed by atoms with Crippen LogP contribution in [-0.4, -0.2) is 36.7 Å². The van der Waals surface area contributed by atoms with Crippen LogP contribution in [0.2, 0.25) is 0 Å². The SMILES string of the molecule is CSc1ccccc1C(O)c1ccc(N(Cc2cccnc2)S(=O)(=O)CC(F)(F)F)cc1. The Balaban J connectivity index is 1.95. The van der Waals surface area contributed by atoms with Crippen LogP contribution in [0.1, 0.15) is 22.8 Å². The van der Waals surface area contributed by atoms with Gasteiger partial charge in [-0.05, 0) is 47.2 Å². The van der Waals surface area contributed by atoms with E-state index in [9.17, 15) is 26.7 Å². The van der Waals surface area contributed by atoms with Crippen LogP contribution in [0.25, 0.3) is 0 Å². The monoisotopic (exact) mass is 482 g/mol. The maximum absolute atomic E-state index is 12.9. The number of pyridine rings is 1. The molecule has 3 aromatic rings. The molecule has 0 spiro atoms. The minimum Gasteiger partial charge on any atom is -0.384 e. The van der Waals surface area contributed by atoms with Gasteiger partial charge in [-0.15, -0.1) is 11.8 Å². The van der Waals surface area contributed by atoms with Crippen molar-refractivity contribution in [1.82, 2.24) is 4.98 Å². The first-order valence-electron chi connectivity index (χ1n) is 9.48. The lowest BCUT2D eigenvalue weighted by atomic mass is 10.0. The van der Waals surface area contributed by atoms with E-state index in [0.29, 0.717) is 21.0 Å². The third-order valence-corrected chi connectivity index (χ3v) is 7.18. The largest absolute Gasteiger partial charge is 0.404 e. The van der Waals surface area contributed by atoms with Gasteiger partial charge < -0.3 is 5.11 Å². The van der Waals surface area contributed by atoms with E-state index in [1.807, 2.05) is 18.4 Å². The van der Waals surface area contributed by atoms with Crippen molar-refractivity contribution < 1.29 is 26.7 Å². The van der Waals surface area contributed by atoms with Crippen molar-refractivity contribution in [2.75, 3.05) is 16.3 Å². The predicted octanol–water partition coefficient (Wildman–Crippen LogP) is 4.78. The summed E-state index contributed by atoms with van der Waals surface area (Å²) in [7, 11) is -4.71. The zero-order valence-corrected chi connectivity index (χ0v) is 18.7. The van der Waals surface area contributed by atoms with E-state index >= 15 is 0 Å². The van der Waals surface area contributed by atoms with Gasteiger partial charge in [-0.1, -0.05) is 36.4 Å². The maximum Gasteiger partial charge on any atom is 0.404 e. The summed E-state index contributed by atoms with van der Waals surface area (Å²) in [5.41, 5.74) is 1.68. The molecule has 0 bridgehead atoms. The smallest absolute Gasteiger partial charge is 0.384 e. The topological polar surface area (TPSA) is 70.5 Å². The van der Waals surface area contributed by atoms with Gasteiger partial charge in [-0.3, -0.25) is 9.29 Å². The molecular weight excluding hydrogens is 461 g/mol. The average Bonchev–Trinajstić information content (AvgIpc) is 2.76. The summed E-state index contributed by atoms with van der Waals surface area (Å²) < 4.78 is 64.8. The van der Waals surface area contributed by atoms with Gasteiger partial charge in [0.25, 0.3) is 0 Å². The summed E-state index contributed by atoms with van der Waals surface area (Å²) in [6.07, 6.45) is -1.08. The number of aromatic nitrogens is 1. The van der Waals surface area contributed by atoms with E-state index in [1.165, 1.54) is 48.4 Å². The molecule has 1 atom stereocenters. The summed E-state index contributed by atoms with van der Waals surface area (Å²) in [6, 6.07) is 16.3. The number of nitrogens with zero attached hydrogens (tertiary/aromatic N) is 2. The Morgan fingerprint density at radius 1 is 1.06 bits per heavy atom. The van der Waals surface area contributed by atoms with Crippen LogP contribution in [0.15, 0.2) is 78.0 Å². The van der Waals surface area contributed by atoms with Gasteiger partial charge in [0, 0.05) is 17.3 Å². The van der Waals surface area contributed by atoms with Crippen molar-refractivity contribution in [1.29, 1.82) is 0 Å². The number of rotatable bonds is 8. The second-order valence-corrected chi connectivity index (χ2v) is 9.72. The first-order chi connectivity index (χ1) is 15.1. The van der Waals surface area contributed by atoms with Gasteiger partial charge in [0.15, 0.2) is 5.75 Å². The van der Waals surface area contributed by atoms with Crippen LogP contribution in [0.5, 0.6) is 0 Å². The van der Waals surface area contributed by atoms with Crippen LogP contribution < -0.4 is 4.31 Å². The van der Waals surface area contributed by atoms with Crippen LogP contribution in [0.3, 0.4) is 0 Å². The number of sulfonamides is 1. The average molecular weight is 483 g/mol. The van der Waals surface area contributed by atoms with Gasteiger partial charge in [0.1, 0.15) is 6.10 Å². The lowest BCUT2D eigenvalue weighted by Gasteiger charge is -2.25. The van der Waals surface area contributed by atoms with Crippen molar-refractivity contribution in [3.63, 3.8) is 0 Å². The van der Waals surface area contributed by atoms with Gasteiger partial charge in [0.05, 0.1) is 12.2 Å². The fourth-order valence-corrected chi connectivity index (χ4v) is 5.18. The molecule has 0 aliphatic heterocycles. The zero-order chi connectivity index (χ0) is 23.4. The fourth-order valence-electron chi connectivity index (χ4n) is 3.19. The minimum atomic E-state index is -4.89. The van der Waals surface area contributed by atoms with E-state index in [4.69, 9.17) is 0 Å². The van der Waals surface area contributed by atoms with Crippen LogP contribution >= 0.6 is 11.8 Å². The second-order valence-electron chi connectivity index (χ2n) is 6.98. The lowest BCUT2D eigenvalue weighted by Crippen LogP contribution is -2.37. The second kappa shape index (κ2) is 9.93. The first kappa shape index (κ1) is 24.1. The summed E-state index contributed by atoms with van der Waals surface area (Å²) in [6.45, 7) is -0.302. The zero-order valence-electron chi connectivity index (χ0n) is 17.0. The quantitative estimate of drug-likeness (QED) is 0.468. The van der Waals surface area contributed by atoms with Crippen molar-refractivity contribution in [2.24, 2.45) is 0 Å². The molecule has 0 saturated carbocycles. The third kappa shape index (κ3) is 6.02. The number of hydrogen-bond acceptors (Lipinski definition) is 5. The molecule has 0 aliphatic carbocycles. The third-order valence-electron chi connectivity index (χ3n) is 4.66. The molecule has 0 radical (unpaired) electrons. The first-order valence-corrected chi connectivity index (χ1v) is 12.3. The Hall–Kier alpha value is -2.56. The molecule has 0 fully saturated rings. The number of benzene rings is 2. The van der Waals surface area contributed by atoms with Gasteiger partial charge in [0.2, 0.25) is 10.0 Å². The highest BCUT2D eigenvalue weighted by Gasteiger charge is 2.38. The highest BCUT2D eigenvalue weighted by molar-refractivity contribution is 7.98. The van der Waals surface area contributed by atoms with E-state index in [-0.39, 0.29) is 12.2 Å². The molecule has 0 amide bonds. The Bertz CT molecular complexity index is 1140. The highest BCUT2D eigenvalue weighted by atomic mass is 32.2. The van der Waals surface area contributed by atoms with Crippen LogP contribution in [0.4, 0.5) is 18.9 Å². The summed E-state index contributed by atoms with van der Waals surface area (Å²) in [5.74, 6) is -1.98. The molecular formula is C22H21F3N2O3S2. The number of anilines is 1. The Morgan fingerprint density at radius 3 is 2.34 bits per heavy atom. The molecule has 10 heteroatoms. The number of aliphatic hydroxyl groups excluding tert-OH is 1. The molecule has 3 rings (SSSR count). The minimum absolute atomic E-state index is 0.0622. The lowest BCUT2D eigenvalue weighted by molar-refractivity contribution is -0.106. The van der Waals surface area contributed by atoms with Crippen LogP contribution in [0, 0.1) is 0 Å². The highest BCUT2D eigenvalue weighted by Crippen LogP contribution is 2.32. The van der Waals surface area contributed by atoms with E-state index < -0.39 is 28.1 Å². The molecule has 2 aromatic carbocycles. The molecule has 0 saturated heterocycles. The molecule has 1 N–H and O–H groups in total. The molecule has 1 heterocycles. The number of halogens is 3. The normalized spacial score (nSPS) is 13.0. The standard InChI is InChI=1S/C22H21F3N2O3S2/c1-31-20-7-3-2-6-19(20)21(28)17-8-10-18(11-9-17)27(14-16-5-4-12-26-13-16)32(29,30)15-22(23,24)25/h2-13,21,28H,14-15H2,1H3. The maximum atomic E-state index is 12.9. The van der Waals surface area contributed by atoms with Gasteiger partial charge in [-0.25, -0.2) is 8.42 Å². The van der Waals surface area contributed by atoms with Crippen molar-refractivity contribution in [3.05, 3.63) is 89.7 Å². The van der Waals surface area contributed by atoms with Gasteiger partial charge >= 0.3 is 6.18 Å². The number of aliphatic hydroxyl groups is 1. The fraction of sp³-hybridized carbons (Fsp3) is 0.227.